The van der Waals surface area contributed by atoms with E-state index in [0.29, 0.717) is 0 Å². The molecule has 0 spiro atoms. The molecule has 2 rings (SSSR count). The van der Waals surface area contributed by atoms with Crippen molar-refractivity contribution in [1.29, 1.82) is 0 Å². The average Bonchev–Trinajstić information content (AvgIpc) is 2.86. The predicted molar refractivity (Wildman–Crippen MR) is 86.2 cm³/mol. The summed E-state index contributed by atoms with van der Waals surface area (Å²) in [6, 6.07) is 13.2. The van der Waals surface area contributed by atoms with E-state index < -0.39 is 0 Å². The van der Waals surface area contributed by atoms with E-state index >= 15 is 0 Å². The van der Waals surface area contributed by atoms with Crippen molar-refractivity contribution in [3.63, 3.8) is 0 Å². The Morgan fingerprint density at radius 1 is 1.00 bits per heavy atom. The van der Waals surface area contributed by atoms with Gasteiger partial charge in [-0.05, 0) is 41.7 Å². The molecule has 0 atom stereocenters. The highest BCUT2D eigenvalue weighted by molar-refractivity contribution is 7.12. The molecule has 0 aliphatic rings. The highest BCUT2D eigenvalue weighted by Crippen LogP contribution is 2.29. The standard InChI is InChI=1S/C17H23NS/c1-5-13-6-8-14(9-7-13)18-12-15-10-11-16(19-15)17(2,3)4/h6-11,18H,5,12H2,1-4H3. The van der Waals surface area contributed by atoms with Gasteiger partial charge < -0.3 is 5.32 Å². The van der Waals surface area contributed by atoms with Crippen LogP contribution in [0.25, 0.3) is 0 Å². The first-order valence-electron chi connectivity index (χ1n) is 6.91. The Hall–Kier alpha value is -1.28. The first-order valence-corrected chi connectivity index (χ1v) is 7.72. The first kappa shape index (κ1) is 14.1. The molecule has 0 aliphatic heterocycles. The van der Waals surface area contributed by atoms with Crippen molar-refractivity contribution in [2.24, 2.45) is 0 Å². The normalized spacial score (nSPS) is 11.6. The van der Waals surface area contributed by atoms with Crippen molar-refractivity contribution in [2.75, 3.05) is 5.32 Å². The lowest BCUT2D eigenvalue weighted by Crippen LogP contribution is -2.07. The number of hydrogen-bond donors (Lipinski definition) is 1. The summed E-state index contributed by atoms with van der Waals surface area (Å²) < 4.78 is 0. The van der Waals surface area contributed by atoms with Crippen LogP contribution >= 0.6 is 11.3 Å². The minimum absolute atomic E-state index is 0.256. The molecule has 1 nitrogen and oxygen atoms in total. The fourth-order valence-corrected chi connectivity index (χ4v) is 2.93. The second-order valence-electron chi connectivity index (χ2n) is 5.92. The molecule has 19 heavy (non-hydrogen) atoms. The lowest BCUT2D eigenvalue weighted by molar-refractivity contribution is 0.604. The van der Waals surface area contributed by atoms with Crippen molar-refractivity contribution in [2.45, 2.75) is 46.1 Å². The summed E-state index contributed by atoms with van der Waals surface area (Å²) in [5.74, 6) is 0. The maximum absolute atomic E-state index is 3.49. The summed E-state index contributed by atoms with van der Waals surface area (Å²) in [5.41, 5.74) is 2.84. The lowest BCUT2D eigenvalue weighted by atomic mass is 9.95. The Labute approximate surface area is 120 Å². The number of benzene rings is 1. The third-order valence-corrected chi connectivity index (χ3v) is 4.74. The van der Waals surface area contributed by atoms with Crippen LogP contribution in [0.4, 0.5) is 5.69 Å². The number of rotatable bonds is 4. The predicted octanol–water partition coefficient (Wildman–Crippen LogP) is 5.22. The second-order valence-corrected chi connectivity index (χ2v) is 7.09. The Balaban J connectivity index is 1.96. The molecular weight excluding hydrogens is 250 g/mol. The minimum Gasteiger partial charge on any atom is -0.380 e. The van der Waals surface area contributed by atoms with Crippen LogP contribution in [0.5, 0.6) is 0 Å². The van der Waals surface area contributed by atoms with Gasteiger partial charge in [0.2, 0.25) is 0 Å². The summed E-state index contributed by atoms with van der Waals surface area (Å²) in [7, 11) is 0. The molecule has 1 N–H and O–H groups in total. The SMILES string of the molecule is CCc1ccc(NCc2ccc(C(C)(C)C)s2)cc1. The molecule has 0 radical (unpaired) electrons. The van der Waals surface area contributed by atoms with E-state index in [-0.39, 0.29) is 5.41 Å². The molecule has 0 aliphatic carbocycles. The fourth-order valence-electron chi connectivity index (χ4n) is 1.92. The van der Waals surface area contributed by atoms with Crippen molar-refractivity contribution < 1.29 is 0 Å². The van der Waals surface area contributed by atoms with Crippen LogP contribution < -0.4 is 5.32 Å². The number of anilines is 1. The number of nitrogens with one attached hydrogen (secondary N) is 1. The lowest BCUT2D eigenvalue weighted by Gasteiger charge is -2.15. The summed E-state index contributed by atoms with van der Waals surface area (Å²) in [6.07, 6.45) is 1.10. The highest BCUT2D eigenvalue weighted by atomic mass is 32.1. The van der Waals surface area contributed by atoms with Gasteiger partial charge in [0.05, 0.1) is 0 Å². The van der Waals surface area contributed by atoms with Gasteiger partial charge in [-0.2, -0.15) is 0 Å². The van der Waals surface area contributed by atoms with Crippen LogP contribution in [0.2, 0.25) is 0 Å². The van der Waals surface area contributed by atoms with Crippen molar-refractivity contribution >= 4 is 17.0 Å². The number of thiophene rings is 1. The molecule has 0 unspecified atom stereocenters. The van der Waals surface area contributed by atoms with Gasteiger partial charge >= 0.3 is 0 Å². The van der Waals surface area contributed by atoms with Crippen molar-refractivity contribution in [3.05, 3.63) is 51.7 Å². The van der Waals surface area contributed by atoms with Crippen LogP contribution in [-0.2, 0) is 18.4 Å². The third-order valence-electron chi connectivity index (χ3n) is 3.23. The quantitative estimate of drug-likeness (QED) is 0.805. The molecule has 1 aromatic carbocycles. The van der Waals surface area contributed by atoms with Crippen LogP contribution in [-0.4, -0.2) is 0 Å². The van der Waals surface area contributed by atoms with Gasteiger partial charge in [-0.1, -0.05) is 39.8 Å². The fraction of sp³-hybridized carbons (Fsp3) is 0.412. The van der Waals surface area contributed by atoms with Gasteiger partial charge in [0.15, 0.2) is 0 Å². The number of aryl methyl sites for hydroxylation is 1. The van der Waals surface area contributed by atoms with Crippen LogP contribution in [0.1, 0.15) is 43.0 Å². The molecule has 102 valence electrons. The van der Waals surface area contributed by atoms with Crippen molar-refractivity contribution in [3.8, 4) is 0 Å². The Morgan fingerprint density at radius 2 is 1.68 bits per heavy atom. The molecule has 0 saturated carbocycles. The minimum atomic E-state index is 0.256. The van der Waals surface area contributed by atoms with Gasteiger partial charge in [-0.15, -0.1) is 11.3 Å². The van der Waals surface area contributed by atoms with E-state index in [4.69, 9.17) is 0 Å². The van der Waals surface area contributed by atoms with E-state index in [2.05, 4.69) is 69.4 Å². The highest BCUT2D eigenvalue weighted by Gasteiger charge is 2.15. The zero-order chi connectivity index (χ0) is 13.9. The summed E-state index contributed by atoms with van der Waals surface area (Å²) in [4.78, 5) is 2.84. The average molecular weight is 273 g/mol. The molecule has 2 aromatic rings. The van der Waals surface area contributed by atoms with Crippen LogP contribution in [0.15, 0.2) is 36.4 Å². The molecule has 2 heteroatoms. The number of hydrogen-bond acceptors (Lipinski definition) is 2. The smallest absolute Gasteiger partial charge is 0.0494 e. The van der Waals surface area contributed by atoms with E-state index in [1.807, 2.05) is 11.3 Å². The molecule has 0 bridgehead atoms. The van der Waals surface area contributed by atoms with Gasteiger partial charge in [-0.3, -0.25) is 0 Å². The summed E-state index contributed by atoms with van der Waals surface area (Å²) in [5, 5.41) is 3.49. The Morgan fingerprint density at radius 3 is 2.21 bits per heavy atom. The first-order chi connectivity index (χ1) is 8.99. The summed E-state index contributed by atoms with van der Waals surface area (Å²) >= 11 is 1.90. The van der Waals surface area contributed by atoms with Gasteiger partial charge in [-0.25, -0.2) is 0 Å². The van der Waals surface area contributed by atoms with Gasteiger partial charge in [0.25, 0.3) is 0 Å². The topological polar surface area (TPSA) is 12.0 Å². The second kappa shape index (κ2) is 5.79. The zero-order valence-electron chi connectivity index (χ0n) is 12.3. The summed E-state index contributed by atoms with van der Waals surface area (Å²) in [6.45, 7) is 9.88. The van der Waals surface area contributed by atoms with Crippen LogP contribution in [0.3, 0.4) is 0 Å². The van der Waals surface area contributed by atoms with E-state index in [1.165, 1.54) is 21.0 Å². The third kappa shape index (κ3) is 3.84. The largest absolute Gasteiger partial charge is 0.380 e. The monoisotopic (exact) mass is 273 g/mol. The van der Waals surface area contributed by atoms with Crippen LogP contribution in [0, 0.1) is 0 Å². The molecular formula is C17H23NS. The Bertz CT molecular complexity index is 517. The van der Waals surface area contributed by atoms with E-state index in [1.54, 1.807) is 0 Å². The van der Waals surface area contributed by atoms with E-state index in [9.17, 15) is 0 Å². The van der Waals surface area contributed by atoms with E-state index in [0.717, 1.165) is 13.0 Å². The van der Waals surface area contributed by atoms with Gasteiger partial charge in [0, 0.05) is 22.0 Å². The van der Waals surface area contributed by atoms with Crippen molar-refractivity contribution in [1.82, 2.24) is 0 Å². The molecule has 1 heterocycles. The molecule has 1 aromatic heterocycles. The maximum atomic E-state index is 3.49. The molecule has 0 saturated heterocycles. The van der Waals surface area contributed by atoms with Gasteiger partial charge in [0.1, 0.15) is 0 Å². The Kier molecular flexibility index (Phi) is 4.31. The maximum Gasteiger partial charge on any atom is 0.0494 e. The molecule has 0 fully saturated rings. The zero-order valence-corrected chi connectivity index (χ0v) is 13.1. The molecule has 0 amide bonds.